The van der Waals surface area contributed by atoms with Gasteiger partial charge in [0, 0.05) is 43.2 Å². The van der Waals surface area contributed by atoms with Crippen LogP contribution in [0.15, 0.2) is 22.5 Å². The summed E-state index contributed by atoms with van der Waals surface area (Å²) < 4.78 is 38.3. The van der Waals surface area contributed by atoms with Crippen LogP contribution in [0.5, 0.6) is 0 Å². The lowest BCUT2D eigenvalue weighted by Gasteiger charge is -2.44. The Bertz CT molecular complexity index is 1010. The van der Waals surface area contributed by atoms with Crippen molar-refractivity contribution in [3.63, 3.8) is 0 Å². The zero-order valence-electron chi connectivity index (χ0n) is 20.4. The predicted octanol–water partition coefficient (Wildman–Crippen LogP) is 1.36. The number of nitrogens with zero attached hydrogens (tertiary/aromatic N) is 6. The van der Waals surface area contributed by atoms with E-state index in [1.807, 2.05) is 0 Å². The van der Waals surface area contributed by atoms with Crippen LogP contribution in [0.3, 0.4) is 0 Å². The minimum atomic E-state index is -1.56. The van der Waals surface area contributed by atoms with Crippen molar-refractivity contribution in [2.24, 2.45) is 10.2 Å². The van der Waals surface area contributed by atoms with E-state index in [1.165, 1.54) is 6.92 Å². The lowest BCUT2D eigenvalue weighted by molar-refractivity contribution is -0.280. The summed E-state index contributed by atoms with van der Waals surface area (Å²) in [6.07, 6.45) is -8.97. The number of carbonyl (C=O) groups is 4. The standard InChI is InChI=1S/C20H26N6O11/c1-8(23-25-21)16-19(35-12(5)30)18(34-11(4)29)15(24-26-22)20(36-16)37-17-13(6-31-9(2)27)32-7-14(17)33-10(3)28/h13-20H,1,6-7H2,2-5H3/t13-,14+,15?,16+,17-,18-,19-,20-/m1/s1. The third-order valence-corrected chi connectivity index (χ3v) is 5.08. The molecule has 0 aromatic rings. The van der Waals surface area contributed by atoms with Crippen LogP contribution >= 0.6 is 0 Å². The van der Waals surface area contributed by atoms with E-state index in [1.54, 1.807) is 0 Å². The Morgan fingerprint density at radius 3 is 2.08 bits per heavy atom. The van der Waals surface area contributed by atoms with E-state index >= 15 is 0 Å². The molecule has 2 heterocycles. The van der Waals surface area contributed by atoms with Crippen molar-refractivity contribution >= 4 is 23.9 Å². The Kier molecular flexibility index (Phi) is 10.7. The van der Waals surface area contributed by atoms with Crippen molar-refractivity contribution in [1.29, 1.82) is 0 Å². The molecule has 0 bridgehead atoms. The molecule has 0 spiro atoms. The highest BCUT2D eigenvalue weighted by molar-refractivity contribution is 5.68. The number of ether oxygens (including phenoxy) is 7. The first-order valence-electron chi connectivity index (χ1n) is 10.8. The number of rotatable bonds is 10. The first-order chi connectivity index (χ1) is 17.5. The molecule has 2 saturated heterocycles. The van der Waals surface area contributed by atoms with Gasteiger partial charge in [0.15, 0.2) is 24.6 Å². The van der Waals surface area contributed by atoms with Crippen LogP contribution in [0, 0.1) is 0 Å². The Balaban J connectivity index is 2.51. The molecular formula is C20H26N6O11. The zero-order valence-corrected chi connectivity index (χ0v) is 20.4. The summed E-state index contributed by atoms with van der Waals surface area (Å²) in [5, 5.41) is 7.01. The first kappa shape index (κ1) is 29.4. The molecule has 37 heavy (non-hydrogen) atoms. The highest BCUT2D eigenvalue weighted by Gasteiger charge is 2.53. The van der Waals surface area contributed by atoms with Gasteiger partial charge in [0.1, 0.15) is 31.0 Å². The van der Waals surface area contributed by atoms with Gasteiger partial charge >= 0.3 is 23.9 Å². The van der Waals surface area contributed by atoms with Gasteiger partial charge in [0.25, 0.3) is 0 Å². The second-order valence-corrected chi connectivity index (χ2v) is 7.87. The highest BCUT2D eigenvalue weighted by atomic mass is 16.7. The van der Waals surface area contributed by atoms with Gasteiger partial charge in [0.05, 0.1) is 6.61 Å². The van der Waals surface area contributed by atoms with Crippen LogP contribution < -0.4 is 0 Å². The van der Waals surface area contributed by atoms with Crippen molar-refractivity contribution in [1.82, 2.24) is 0 Å². The van der Waals surface area contributed by atoms with E-state index in [2.05, 4.69) is 26.6 Å². The molecule has 0 N–H and O–H groups in total. The Hall–Kier alpha value is -3.88. The molecule has 0 radical (unpaired) electrons. The van der Waals surface area contributed by atoms with E-state index in [0.29, 0.717) is 0 Å². The van der Waals surface area contributed by atoms with Gasteiger partial charge in [-0.15, -0.1) is 0 Å². The van der Waals surface area contributed by atoms with Gasteiger partial charge in [-0.3, -0.25) is 19.2 Å². The number of azide groups is 2. The molecular weight excluding hydrogens is 500 g/mol. The van der Waals surface area contributed by atoms with Gasteiger partial charge in [-0.25, -0.2) is 0 Å². The summed E-state index contributed by atoms with van der Waals surface area (Å²) in [5.74, 6) is -2.91. The number of hydrogen-bond donors (Lipinski definition) is 0. The molecule has 0 saturated carbocycles. The third-order valence-electron chi connectivity index (χ3n) is 5.08. The number of hydrogen-bond acceptors (Lipinski definition) is 13. The minimum absolute atomic E-state index is 0.132. The molecule has 0 aromatic carbocycles. The van der Waals surface area contributed by atoms with Crippen LogP contribution in [0.4, 0.5) is 0 Å². The Morgan fingerprint density at radius 2 is 1.54 bits per heavy atom. The normalized spacial score (nSPS) is 30.6. The Labute approximate surface area is 210 Å². The molecule has 2 rings (SSSR count). The van der Waals surface area contributed by atoms with Crippen LogP contribution in [-0.2, 0) is 52.3 Å². The molecule has 2 fully saturated rings. The number of esters is 4. The van der Waals surface area contributed by atoms with Gasteiger partial charge in [-0.1, -0.05) is 16.8 Å². The molecule has 17 nitrogen and oxygen atoms in total. The summed E-state index contributed by atoms with van der Waals surface area (Å²) in [5.41, 5.74) is 17.8. The molecule has 0 aromatic heterocycles. The fourth-order valence-electron chi connectivity index (χ4n) is 3.78. The lowest BCUT2D eigenvalue weighted by atomic mass is 9.95. The average molecular weight is 526 g/mol. The van der Waals surface area contributed by atoms with Crippen LogP contribution in [0.1, 0.15) is 27.7 Å². The lowest BCUT2D eigenvalue weighted by Crippen LogP contribution is -2.61. The summed E-state index contributed by atoms with van der Waals surface area (Å²) in [6, 6.07) is -1.46. The molecule has 17 heteroatoms. The fraction of sp³-hybridized carbons (Fsp3) is 0.700. The quantitative estimate of drug-likeness (QED) is 0.130. The van der Waals surface area contributed by atoms with Gasteiger partial charge < -0.3 is 33.2 Å². The molecule has 1 unspecified atom stereocenters. The van der Waals surface area contributed by atoms with Crippen molar-refractivity contribution in [3.05, 3.63) is 33.2 Å². The van der Waals surface area contributed by atoms with E-state index in [0.717, 1.165) is 20.8 Å². The average Bonchev–Trinajstić information content (AvgIpc) is 3.15. The topological polar surface area (TPSA) is 230 Å². The second kappa shape index (κ2) is 13.4. The molecule has 0 amide bonds. The summed E-state index contributed by atoms with van der Waals surface area (Å²) in [7, 11) is 0. The molecule has 2 aliphatic heterocycles. The summed E-state index contributed by atoms with van der Waals surface area (Å²) >= 11 is 0. The summed E-state index contributed by atoms with van der Waals surface area (Å²) in [4.78, 5) is 52.1. The number of carbonyl (C=O) groups excluding carboxylic acids is 4. The van der Waals surface area contributed by atoms with Gasteiger partial charge in [-0.2, -0.15) is 0 Å². The van der Waals surface area contributed by atoms with Crippen LogP contribution in [-0.4, -0.2) is 86.0 Å². The van der Waals surface area contributed by atoms with Crippen LogP contribution in [0.2, 0.25) is 0 Å². The summed E-state index contributed by atoms with van der Waals surface area (Å²) in [6.45, 7) is 7.68. The van der Waals surface area contributed by atoms with Gasteiger partial charge in [0.2, 0.25) is 0 Å². The van der Waals surface area contributed by atoms with E-state index in [4.69, 9.17) is 38.7 Å². The third kappa shape index (κ3) is 8.06. The molecule has 0 aliphatic carbocycles. The van der Waals surface area contributed by atoms with Crippen molar-refractivity contribution in [3.8, 4) is 0 Å². The fourth-order valence-corrected chi connectivity index (χ4v) is 3.78. The Morgan fingerprint density at radius 1 is 0.919 bits per heavy atom. The SMILES string of the molecule is C=C(N=[N+]=[N-])[C@@H]1O[C@H](O[C@H]2[C@@H](OC(C)=O)CO[C@@H]2COC(C)=O)C(N=[N+]=[N-])[C@@H](OC(C)=O)[C@@H]1OC(C)=O. The van der Waals surface area contributed by atoms with Crippen molar-refractivity contribution < 1.29 is 52.3 Å². The second-order valence-electron chi connectivity index (χ2n) is 7.87. The van der Waals surface area contributed by atoms with E-state index < -0.39 is 72.8 Å². The monoisotopic (exact) mass is 526 g/mol. The molecule has 202 valence electrons. The highest BCUT2D eigenvalue weighted by Crippen LogP contribution is 2.35. The van der Waals surface area contributed by atoms with Crippen molar-refractivity contribution in [2.75, 3.05) is 13.2 Å². The van der Waals surface area contributed by atoms with Gasteiger partial charge in [-0.05, 0) is 11.1 Å². The van der Waals surface area contributed by atoms with E-state index in [9.17, 15) is 24.7 Å². The zero-order chi connectivity index (χ0) is 27.7. The van der Waals surface area contributed by atoms with Crippen LogP contribution in [0.25, 0.3) is 20.9 Å². The van der Waals surface area contributed by atoms with E-state index in [-0.39, 0.29) is 18.9 Å². The maximum atomic E-state index is 11.9. The largest absolute Gasteiger partial charge is 0.463 e. The van der Waals surface area contributed by atoms with Crippen molar-refractivity contribution in [2.45, 2.75) is 76.7 Å². The molecule has 2 aliphatic rings. The predicted molar refractivity (Wildman–Crippen MR) is 118 cm³/mol. The maximum Gasteiger partial charge on any atom is 0.303 e. The maximum absolute atomic E-state index is 11.9. The molecule has 8 atom stereocenters. The smallest absolute Gasteiger partial charge is 0.303 e. The first-order valence-corrected chi connectivity index (χ1v) is 10.8. The minimum Gasteiger partial charge on any atom is -0.463 e.